The van der Waals surface area contributed by atoms with Crippen LogP contribution in [0.1, 0.15) is 5.56 Å². The van der Waals surface area contributed by atoms with Crippen LogP contribution in [0.5, 0.6) is 17.2 Å². The second kappa shape index (κ2) is 9.42. The number of guanidine groups is 1. The lowest BCUT2D eigenvalue weighted by Crippen LogP contribution is -2.33. The molecule has 0 saturated carbocycles. The van der Waals surface area contributed by atoms with Gasteiger partial charge in [-0.1, -0.05) is 17.7 Å². The van der Waals surface area contributed by atoms with Crippen molar-refractivity contribution in [3.8, 4) is 17.2 Å². The maximum absolute atomic E-state index is 5.69. The molecular formula is C19H25N3O3. The van der Waals surface area contributed by atoms with Gasteiger partial charge in [-0.05, 0) is 31.2 Å². The summed E-state index contributed by atoms with van der Waals surface area (Å²) in [6.07, 6.45) is 0. The molecule has 2 rings (SSSR count). The lowest BCUT2D eigenvalue weighted by Gasteiger charge is -2.14. The molecule has 0 amide bonds. The summed E-state index contributed by atoms with van der Waals surface area (Å²) in [4.78, 5) is 4.20. The molecule has 0 saturated heterocycles. The average molecular weight is 343 g/mol. The minimum absolute atomic E-state index is 0.537. The van der Waals surface area contributed by atoms with E-state index in [1.165, 1.54) is 5.56 Å². The molecule has 0 radical (unpaired) electrons. The Morgan fingerprint density at radius 1 is 1.00 bits per heavy atom. The lowest BCUT2D eigenvalue weighted by molar-refractivity contribution is 0.322. The van der Waals surface area contributed by atoms with Crippen LogP contribution in [0.3, 0.4) is 0 Å². The monoisotopic (exact) mass is 343 g/mol. The van der Waals surface area contributed by atoms with Crippen LogP contribution < -0.4 is 24.8 Å². The molecule has 0 spiro atoms. The minimum Gasteiger partial charge on any atom is -0.493 e. The van der Waals surface area contributed by atoms with Crippen molar-refractivity contribution in [2.75, 3.05) is 39.7 Å². The van der Waals surface area contributed by atoms with Crippen LogP contribution in [0.25, 0.3) is 0 Å². The summed E-state index contributed by atoms with van der Waals surface area (Å²) in [5, 5.41) is 6.42. The summed E-state index contributed by atoms with van der Waals surface area (Å²) in [7, 11) is 4.94. The van der Waals surface area contributed by atoms with E-state index in [1.54, 1.807) is 21.3 Å². The molecular weight excluding hydrogens is 318 g/mol. The average Bonchev–Trinajstić information content (AvgIpc) is 2.65. The topological polar surface area (TPSA) is 64.1 Å². The molecule has 134 valence electrons. The standard InChI is InChI=1S/C19H25N3O3/c1-14-5-8-16(9-6-14)25-12-11-21-19(20-2)22-15-7-10-17(23-3)18(13-15)24-4/h5-10,13H,11-12H2,1-4H3,(H2,20,21,22). The number of ether oxygens (including phenoxy) is 3. The van der Waals surface area contributed by atoms with Crippen molar-refractivity contribution >= 4 is 11.6 Å². The van der Waals surface area contributed by atoms with E-state index in [1.807, 2.05) is 42.5 Å². The van der Waals surface area contributed by atoms with Gasteiger partial charge in [0.1, 0.15) is 12.4 Å². The lowest BCUT2D eigenvalue weighted by atomic mass is 10.2. The fourth-order valence-electron chi connectivity index (χ4n) is 2.20. The fraction of sp³-hybridized carbons (Fsp3) is 0.316. The molecule has 0 aliphatic heterocycles. The molecule has 0 fully saturated rings. The zero-order valence-electron chi connectivity index (χ0n) is 15.1. The van der Waals surface area contributed by atoms with Crippen molar-refractivity contribution in [3.05, 3.63) is 48.0 Å². The van der Waals surface area contributed by atoms with Gasteiger partial charge in [0, 0.05) is 18.8 Å². The molecule has 0 heterocycles. The highest BCUT2D eigenvalue weighted by molar-refractivity contribution is 5.93. The van der Waals surface area contributed by atoms with Crippen LogP contribution in [0.4, 0.5) is 5.69 Å². The first-order chi connectivity index (χ1) is 12.2. The van der Waals surface area contributed by atoms with Crippen LogP contribution in [-0.2, 0) is 0 Å². The van der Waals surface area contributed by atoms with Crippen molar-refractivity contribution in [3.63, 3.8) is 0 Å². The third kappa shape index (κ3) is 5.60. The number of anilines is 1. The summed E-state index contributed by atoms with van der Waals surface area (Å²) in [6.45, 7) is 3.21. The molecule has 0 aliphatic carbocycles. The third-order valence-corrected chi connectivity index (χ3v) is 3.55. The maximum Gasteiger partial charge on any atom is 0.195 e. The number of rotatable bonds is 7. The molecule has 6 heteroatoms. The van der Waals surface area contributed by atoms with E-state index in [0.29, 0.717) is 30.6 Å². The van der Waals surface area contributed by atoms with E-state index in [2.05, 4.69) is 22.5 Å². The van der Waals surface area contributed by atoms with E-state index in [9.17, 15) is 0 Å². The van der Waals surface area contributed by atoms with Crippen LogP contribution in [-0.4, -0.2) is 40.4 Å². The molecule has 2 aromatic carbocycles. The third-order valence-electron chi connectivity index (χ3n) is 3.55. The van der Waals surface area contributed by atoms with E-state index >= 15 is 0 Å². The van der Waals surface area contributed by atoms with Crippen molar-refractivity contribution in [2.45, 2.75) is 6.92 Å². The zero-order valence-corrected chi connectivity index (χ0v) is 15.1. The van der Waals surface area contributed by atoms with Crippen molar-refractivity contribution in [1.82, 2.24) is 5.32 Å². The number of aryl methyl sites for hydroxylation is 1. The summed E-state index contributed by atoms with van der Waals surface area (Å²) in [5.41, 5.74) is 2.07. The predicted molar refractivity (Wildman–Crippen MR) is 101 cm³/mol. The quantitative estimate of drug-likeness (QED) is 0.459. The molecule has 2 aromatic rings. The minimum atomic E-state index is 0.537. The van der Waals surface area contributed by atoms with E-state index in [4.69, 9.17) is 14.2 Å². The number of nitrogens with zero attached hydrogens (tertiary/aromatic N) is 1. The number of aliphatic imine (C=N–C) groups is 1. The van der Waals surface area contributed by atoms with Crippen molar-refractivity contribution in [2.24, 2.45) is 4.99 Å². The number of methoxy groups -OCH3 is 2. The number of nitrogens with one attached hydrogen (secondary N) is 2. The van der Waals surface area contributed by atoms with Crippen LogP contribution in [0, 0.1) is 6.92 Å². The summed E-state index contributed by atoms with van der Waals surface area (Å²) >= 11 is 0. The largest absolute Gasteiger partial charge is 0.493 e. The van der Waals surface area contributed by atoms with Crippen LogP contribution in [0.15, 0.2) is 47.5 Å². The first-order valence-corrected chi connectivity index (χ1v) is 8.05. The molecule has 0 atom stereocenters. The van der Waals surface area contributed by atoms with Gasteiger partial charge < -0.3 is 24.8 Å². The van der Waals surface area contributed by atoms with Crippen molar-refractivity contribution < 1.29 is 14.2 Å². The Kier molecular flexibility index (Phi) is 6.95. The fourth-order valence-corrected chi connectivity index (χ4v) is 2.20. The second-order valence-corrected chi connectivity index (χ2v) is 5.36. The number of benzene rings is 2. The van der Waals surface area contributed by atoms with Gasteiger partial charge in [-0.3, -0.25) is 4.99 Å². The van der Waals surface area contributed by atoms with E-state index in [-0.39, 0.29) is 0 Å². The zero-order chi connectivity index (χ0) is 18.1. The van der Waals surface area contributed by atoms with Gasteiger partial charge >= 0.3 is 0 Å². The Hall–Kier alpha value is -2.89. The summed E-state index contributed by atoms with van der Waals surface area (Å²) in [5.74, 6) is 2.85. The molecule has 0 aromatic heterocycles. The Morgan fingerprint density at radius 2 is 1.72 bits per heavy atom. The van der Waals surface area contributed by atoms with E-state index < -0.39 is 0 Å². The highest BCUT2D eigenvalue weighted by Crippen LogP contribution is 2.29. The highest BCUT2D eigenvalue weighted by Gasteiger charge is 2.06. The number of hydrogen-bond donors (Lipinski definition) is 2. The second-order valence-electron chi connectivity index (χ2n) is 5.36. The first-order valence-electron chi connectivity index (χ1n) is 8.05. The first kappa shape index (κ1) is 18.4. The van der Waals surface area contributed by atoms with Crippen molar-refractivity contribution in [1.29, 1.82) is 0 Å². The van der Waals surface area contributed by atoms with Crippen LogP contribution in [0.2, 0.25) is 0 Å². The van der Waals surface area contributed by atoms with Gasteiger partial charge in [-0.25, -0.2) is 0 Å². The van der Waals surface area contributed by atoms with Gasteiger partial charge in [-0.15, -0.1) is 0 Å². The molecule has 25 heavy (non-hydrogen) atoms. The molecule has 6 nitrogen and oxygen atoms in total. The van der Waals surface area contributed by atoms with Gasteiger partial charge in [0.2, 0.25) is 0 Å². The Labute approximate surface area is 148 Å². The smallest absolute Gasteiger partial charge is 0.195 e. The Bertz CT molecular complexity index is 700. The molecule has 2 N–H and O–H groups in total. The number of hydrogen-bond acceptors (Lipinski definition) is 4. The normalized spacial score (nSPS) is 11.0. The Balaban J connectivity index is 1.83. The predicted octanol–water partition coefficient (Wildman–Crippen LogP) is 3.08. The van der Waals surface area contributed by atoms with Gasteiger partial charge in [0.05, 0.1) is 20.8 Å². The summed E-state index contributed by atoms with van der Waals surface area (Å²) < 4.78 is 16.2. The van der Waals surface area contributed by atoms with Crippen LogP contribution >= 0.6 is 0 Å². The SMILES string of the molecule is CN=C(NCCOc1ccc(C)cc1)Nc1ccc(OC)c(OC)c1. The summed E-state index contributed by atoms with van der Waals surface area (Å²) in [6, 6.07) is 13.6. The molecule has 0 unspecified atom stereocenters. The molecule has 0 bridgehead atoms. The molecule has 0 aliphatic rings. The Morgan fingerprint density at radius 3 is 2.36 bits per heavy atom. The van der Waals surface area contributed by atoms with Gasteiger partial charge in [-0.2, -0.15) is 0 Å². The maximum atomic E-state index is 5.69. The van der Waals surface area contributed by atoms with Gasteiger partial charge in [0.25, 0.3) is 0 Å². The van der Waals surface area contributed by atoms with Gasteiger partial charge in [0.15, 0.2) is 17.5 Å². The van der Waals surface area contributed by atoms with E-state index in [0.717, 1.165) is 11.4 Å². The highest BCUT2D eigenvalue weighted by atomic mass is 16.5.